The number of hydrogen-bond acceptors (Lipinski definition) is 1. The maximum Gasteiger partial charge on any atom is 0.209 e. The number of anilines is 1. The van der Waals surface area contributed by atoms with Gasteiger partial charge in [0.05, 0.1) is 5.41 Å². The molecule has 1 aliphatic carbocycles. The molecule has 2 aliphatic heterocycles. The summed E-state index contributed by atoms with van der Waals surface area (Å²) in [5.74, 6) is 0. The van der Waals surface area contributed by atoms with Gasteiger partial charge in [0.1, 0.15) is 6.54 Å². The van der Waals surface area contributed by atoms with E-state index in [1.165, 1.54) is 39.4 Å². The highest BCUT2D eigenvalue weighted by molar-refractivity contribution is 6.33. The summed E-state index contributed by atoms with van der Waals surface area (Å²) in [5.41, 5.74) is 9.71. The first-order chi connectivity index (χ1) is 18.2. The molecule has 2 aromatic carbocycles. The Kier molecular flexibility index (Phi) is 7.48. The van der Waals surface area contributed by atoms with Crippen molar-refractivity contribution in [2.75, 3.05) is 18.0 Å². The molecule has 0 aromatic heterocycles. The molecule has 1 unspecified atom stereocenters. The minimum atomic E-state index is -0.0155. The zero-order valence-corrected chi connectivity index (χ0v) is 24.9. The van der Waals surface area contributed by atoms with E-state index in [9.17, 15) is 0 Å². The van der Waals surface area contributed by atoms with Crippen LogP contribution in [0.1, 0.15) is 84.8 Å². The van der Waals surface area contributed by atoms with Crippen molar-refractivity contribution in [2.24, 2.45) is 0 Å². The van der Waals surface area contributed by atoms with Gasteiger partial charge in [-0.15, -0.1) is 0 Å². The zero-order valence-electron chi connectivity index (χ0n) is 24.2. The number of para-hydroxylation sites is 2. The van der Waals surface area contributed by atoms with Crippen LogP contribution in [0.2, 0.25) is 0 Å². The topological polar surface area (TPSA) is 6.25 Å². The smallest absolute Gasteiger partial charge is 0.209 e. The quantitative estimate of drug-likeness (QED) is 0.310. The summed E-state index contributed by atoms with van der Waals surface area (Å²) in [6.45, 7) is 16.2. The summed E-state index contributed by atoms with van der Waals surface area (Å²) >= 11 is 7.05. The van der Waals surface area contributed by atoms with Crippen LogP contribution in [0.25, 0.3) is 0 Å². The fourth-order valence-corrected chi connectivity index (χ4v) is 7.36. The van der Waals surface area contributed by atoms with Crippen molar-refractivity contribution >= 4 is 28.7 Å². The van der Waals surface area contributed by atoms with Crippen molar-refractivity contribution in [3.8, 4) is 0 Å². The van der Waals surface area contributed by atoms with Crippen LogP contribution in [-0.2, 0) is 10.8 Å². The van der Waals surface area contributed by atoms with Gasteiger partial charge in [-0.3, -0.25) is 0 Å². The molecule has 38 heavy (non-hydrogen) atoms. The Hall–Kier alpha value is -2.58. The summed E-state index contributed by atoms with van der Waals surface area (Å²) in [7, 11) is 0. The number of hydrogen-bond donors (Lipinski definition) is 0. The summed E-state index contributed by atoms with van der Waals surface area (Å²) in [6.07, 6.45) is 12.4. The van der Waals surface area contributed by atoms with Crippen molar-refractivity contribution in [1.82, 2.24) is 0 Å². The Bertz CT molecular complexity index is 1340. The van der Waals surface area contributed by atoms with E-state index in [0.717, 1.165) is 50.2 Å². The highest BCUT2D eigenvalue weighted by Gasteiger charge is 2.44. The Balaban J connectivity index is 1.40. The van der Waals surface area contributed by atoms with Gasteiger partial charge < -0.3 is 4.90 Å². The van der Waals surface area contributed by atoms with E-state index < -0.39 is 0 Å². The van der Waals surface area contributed by atoms with Gasteiger partial charge in [-0.2, -0.15) is 4.58 Å². The maximum absolute atomic E-state index is 7.05. The van der Waals surface area contributed by atoms with Crippen molar-refractivity contribution in [2.45, 2.75) is 90.5 Å². The lowest BCUT2D eigenvalue weighted by molar-refractivity contribution is -0.437. The van der Waals surface area contributed by atoms with Crippen molar-refractivity contribution in [3.63, 3.8) is 0 Å². The normalized spacial score (nSPS) is 22.8. The van der Waals surface area contributed by atoms with Gasteiger partial charge in [0.15, 0.2) is 5.71 Å². The molecule has 3 aliphatic rings. The molecule has 5 rings (SSSR count). The molecule has 2 nitrogen and oxygen atoms in total. The largest absolute Gasteiger partial charge is 0.367 e. The van der Waals surface area contributed by atoms with Crippen LogP contribution in [0.15, 0.2) is 82.9 Å². The molecular weight excluding hydrogens is 484 g/mol. The molecule has 0 amide bonds. The number of halogens is 1. The SMILES string of the molecule is CCCN1c2ccccc2C(C)(C)C1CC=C1CCC(C=CC2=[N+](CCC)c3ccccc3C2(C)C)=C1Cl. The van der Waals surface area contributed by atoms with Gasteiger partial charge in [0.2, 0.25) is 5.69 Å². The number of rotatable bonds is 8. The number of nitrogens with zero attached hydrogens (tertiary/aromatic N) is 2. The molecule has 3 heteroatoms. The predicted molar refractivity (Wildman–Crippen MR) is 164 cm³/mol. The lowest BCUT2D eigenvalue weighted by Crippen LogP contribution is -2.41. The van der Waals surface area contributed by atoms with E-state index in [2.05, 4.69) is 118 Å². The van der Waals surface area contributed by atoms with Crippen LogP contribution in [0.3, 0.4) is 0 Å². The van der Waals surface area contributed by atoms with Crippen molar-refractivity contribution < 1.29 is 4.58 Å². The second-order valence-corrected chi connectivity index (χ2v) is 12.6. The molecule has 0 saturated carbocycles. The maximum atomic E-state index is 7.05. The van der Waals surface area contributed by atoms with E-state index in [-0.39, 0.29) is 10.8 Å². The summed E-state index contributed by atoms with van der Waals surface area (Å²) < 4.78 is 2.51. The van der Waals surface area contributed by atoms with Gasteiger partial charge in [-0.1, -0.05) is 87.8 Å². The minimum absolute atomic E-state index is 0.0155. The molecule has 2 aromatic rings. The summed E-state index contributed by atoms with van der Waals surface area (Å²) in [4.78, 5) is 2.64. The average Bonchev–Trinajstić information content (AvgIpc) is 3.43. The van der Waals surface area contributed by atoms with Crippen LogP contribution < -0.4 is 4.90 Å². The fraction of sp³-hybridized carbons (Fsp3) is 0.457. The predicted octanol–water partition coefficient (Wildman–Crippen LogP) is 9.21. The Labute approximate surface area is 235 Å². The third kappa shape index (κ3) is 4.49. The van der Waals surface area contributed by atoms with Crippen LogP contribution in [-0.4, -0.2) is 29.4 Å². The van der Waals surface area contributed by atoms with Gasteiger partial charge in [-0.25, -0.2) is 0 Å². The van der Waals surface area contributed by atoms with E-state index in [0.29, 0.717) is 6.04 Å². The number of allylic oxidation sites excluding steroid dienone is 5. The Morgan fingerprint density at radius 3 is 2.37 bits per heavy atom. The molecule has 0 N–H and O–H groups in total. The highest BCUT2D eigenvalue weighted by Crippen LogP contribution is 2.47. The molecular formula is C35H44ClN2+. The molecule has 0 saturated heterocycles. The van der Waals surface area contributed by atoms with Gasteiger partial charge in [0.25, 0.3) is 0 Å². The van der Waals surface area contributed by atoms with Crippen LogP contribution in [0.5, 0.6) is 0 Å². The molecule has 0 radical (unpaired) electrons. The fourth-order valence-electron chi connectivity index (χ4n) is 7.03. The highest BCUT2D eigenvalue weighted by atomic mass is 35.5. The lowest BCUT2D eigenvalue weighted by atomic mass is 9.79. The molecule has 0 fully saturated rings. The second kappa shape index (κ2) is 10.5. The standard InChI is InChI=1S/C35H44ClN2/c1-7-23-37-29-15-11-9-13-27(29)34(3,4)31(37)21-19-25-17-18-26(33(25)36)20-22-32-35(5,6)28-14-10-12-16-30(28)38(32)24-8-2/h9-16,19-21,32H,7-8,17-18,22-24H2,1-6H3/q+1. The number of fused-ring (bicyclic) bond motifs is 2. The first-order valence-corrected chi connectivity index (χ1v) is 15.0. The molecule has 1 atom stereocenters. The summed E-state index contributed by atoms with van der Waals surface area (Å²) in [6, 6.07) is 18.3. The van der Waals surface area contributed by atoms with Gasteiger partial charge in [-0.05, 0) is 62.3 Å². The zero-order chi connectivity index (χ0) is 27.1. The Morgan fingerprint density at radius 1 is 0.921 bits per heavy atom. The first-order valence-electron chi connectivity index (χ1n) is 14.6. The van der Waals surface area contributed by atoms with Crippen molar-refractivity contribution in [1.29, 1.82) is 0 Å². The third-order valence-electron chi connectivity index (χ3n) is 9.09. The Morgan fingerprint density at radius 2 is 1.63 bits per heavy atom. The average molecular weight is 528 g/mol. The van der Waals surface area contributed by atoms with Gasteiger partial charge >= 0.3 is 0 Å². The summed E-state index contributed by atoms with van der Waals surface area (Å²) in [5, 5.41) is 0.965. The molecule has 2 heterocycles. The molecule has 0 spiro atoms. The lowest BCUT2D eigenvalue weighted by Gasteiger charge is -2.34. The van der Waals surface area contributed by atoms with E-state index >= 15 is 0 Å². The third-order valence-corrected chi connectivity index (χ3v) is 9.57. The van der Waals surface area contributed by atoms with Crippen LogP contribution >= 0.6 is 11.6 Å². The molecule has 200 valence electrons. The molecule has 0 bridgehead atoms. The van der Waals surface area contributed by atoms with E-state index in [1.807, 2.05) is 0 Å². The van der Waals surface area contributed by atoms with Crippen LogP contribution in [0.4, 0.5) is 11.4 Å². The van der Waals surface area contributed by atoms with E-state index in [4.69, 9.17) is 11.6 Å². The van der Waals surface area contributed by atoms with Gasteiger partial charge in [0, 0.05) is 52.8 Å². The van der Waals surface area contributed by atoms with E-state index in [1.54, 1.807) is 0 Å². The first kappa shape index (κ1) is 27.0. The van der Waals surface area contributed by atoms with Crippen LogP contribution in [0, 0.1) is 0 Å². The monoisotopic (exact) mass is 527 g/mol. The minimum Gasteiger partial charge on any atom is -0.367 e. The second-order valence-electron chi connectivity index (χ2n) is 12.3. The van der Waals surface area contributed by atoms with Crippen molar-refractivity contribution in [3.05, 3.63) is 94.1 Å². The number of benzene rings is 2.